The molecule has 1 aliphatic heterocycles. The van der Waals surface area contributed by atoms with Gasteiger partial charge in [-0.15, -0.1) is 0 Å². The predicted molar refractivity (Wildman–Crippen MR) is 281 cm³/mol. The van der Waals surface area contributed by atoms with Crippen molar-refractivity contribution in [2.24, 2.45) is 9.98 Å². The van der Waals surface area contributed by atoms with Crippen molar-refractivity contribution >= 4 is 65.8 Å². The molecule has 11 aromatic carbocycles. The van der Waals surface area contributed by atoms with Crippen molar-refractivity contribution in [3.05, 3.63) is 259 Å². The van der Waals surface area contributed by atoms with Gasteiger partial charge < -0.3 is 9.88 Å². The van der Waals surface area contributed by atoms with Gasteiger partial charge in [0.2, 0.25) is 0 Å². The molecule has 314 valence electrons. The van der Waals surface area contributed by atoms with E-state index >= 15 is 0 Å². The van der Waals surface area contributed by atoms with Crippen LogP contribution in [0.25, 0.3) is 93.2 Å². The third-order valence-electron chi connectivity index (χ3n) is 13.5. The van der Waals surface area contributed by atoms with Gasteiger partial charge in [0.25, 0.3) is 0 Å². The van der Waals surface area contributed by atoms with E-state index in [-0.39, 0.29) is 6.17 Å². The van der Waals surface area contributed by atoms with E-state index in [9.17, 15) is 0 Å². The van der Waals surface area contributed by atoms with Crippen LogP contribution in [0.5, 0.6) is 0 Å². The maximum atomic E-state index is 5.02. The van der Waals surface area contributed by atoms with Crippen LogP contribution in [0, 0.1) is 0 Å². The molecule has 0 amide bonds. The number of nitrogens with one attached hydrogen (secondary N) is 1. The molecule has 0 bridgehead atoms. The molecule has 0 fully saturated rings. The summed E-state index contributed by atoms with van der Waals surface area (Å²) in [4.78, 5) is 10.0. The molecule has 1 unspecified atom stereocenters. The number of aliphatic imine (C=N–C) groups is 2. The fourth-order valence-corrected chi connectivity index (χ4v) is 10.2. The first kappa shape index (κ1) is 38.6. The Morgan fingerprint density at radius 2 is 0.851 bits per heavy atom. The number of benzene rings is 11. The Balaban J connectivity index is 0.857. The molecule has 0 radical (unpaired) electrons. The molecule has 13 rings (SSSR count). The lowest BCUT2D eigenvalue weighted by atomic mass is 9.91. The number of hydrogen-bond donors (Lipinski definition) is 1. The summed E-state index contributed by atoms with van der Waals surface area (Å²) < 4.78 is 2.44. The Morgan fingerprint density at radius 1 is 0.343 bits per heavy atom. The van der Waals surface area contributed by atoms with Crippen molar-refractivity contribution in [3.8, 4) is 39.1 Å². The minimum atomic E-state index is -0.242. The molecule has 0 spiro atoms. The van der Waals surface area contributed by atoms with Crippen molar-refractivity contribution in [2.75, 3.05) is 0 Å². The summed E-state index contributed by atoms with van der Waals surface area (Å²) in [6.07, 6.45) is -0.242. The highest BCUT2D eigenvalue weighted by Gasteiger charge is 2.22. The van der Waals surface area contributed by atoms with Crippen LogP contribution in [0.3, 0.4) is 0 Å². The van der Waals surface area contributed by atoms with E-state index in [0.29, 0.717) is 0 Å². The second-order valence-electron chi connectivity index (χ2n) is 17.3. The number of rotatable bonds is 7. The minimum absolute atomic E-state index is 0.242. The molecule has 1 N–H and O–H groups in total. The fraction of sp³-hybridized carbons (Fsp3) is 0.0159. The zero-order valence-corrected chi connectivity index (χ0v) is 36.5. The molecular formula is C63H42N4. The highest BCUT2D eigenvalue weighted by Crippen LogP contribution is 2.41. The molecule has 1 aromatic heterocycles. The smallest absolute Gasteiger partial charge is 0.159 e. The van der Waals surface area contributed by atoms with Gasteiger partial charge in [0, 0.05) is 33.2 Å². The Labute approximate surface area is 388 Å². The maximum absolute atomic E-state index is 5.02. The van der Waals surface area contributed by atoms with Gasteiger partial charge in [0.05, 0.1) is 11.0 Å². The summed E-state index contributed by atoms with van der Waals surface area (Å²) in [6.45, 7) is 0. The van der Waals surface area contributed by atoms with Gasteiger partial charge in [0.15, 0.2) is 5.84 Å². The molecule has 4 heteroatoms. The number of nitrogens with zero attached hydrogens (tertiary/aromatic N) is 3. The average Bonchev–Trinajstić information content (AvgIpc) is 3.76. The van der Waals surface area contributed by atoms with Crippen LogP contribution in [-0.4, -0.2) is 16.2 Å². The second-order valence-corrected chi connectivity index (χ2v) is 17.3. The third-order valence-corrected chi connectivity index (χ3v) is 13.5. The third kappa shape index (κ3) is 6.69. The van der Waals surface area contributed by atoms with Gasteiger partial charge in [-0.05, 0) is 96.0 Å². The number of para-hydroxylation sites is 2. The molecule has 0 saturated heterocycles. The topological polar surface area (TPSA) is 41.7 Å². The quantitative estimate of drug-likeness (QED) is 0.159. The number of fused-ring (bicyclic) bond motifs is 9. The van der Waals surface area contributed by atoms with Gasteiger partial charge >= 0.3 is 0 Å². The molecule has 2 heterocycles. The second kappa shape index (κ2) is 16.0. The molecule has 4 nitrogen and oxygen atoms in total. The van der Waals surface area contributed by atoms with Crippen molar-refractivity contribution in [1.29, 1.82) is 0 Å². The van der Waals surface area contributed by atoms with Crippen LogP contribution >= 0.6 is 0 Å². The molecule has 1 aliphatic rings. The van der Waals surface area contributed by atoms with Crippen molar-refractivity contribution < 1.29 is 0 Å². The first-order valence-corrected chi connectivity index (χ1v) is 22.9. The number of hydrogen-bond acceptors (Lipinski definition) is 3. The lowest BCUT2D eigenvalue weighted by Crippen LogP contribution is -2.33. The van der Waals surface area contributed by atoms with E-state index in [1.165, 1.54) is 76.4 Å². The SMILES string of the molecule is c1ccc(C2=NC(c3ccccc3)NC(c3ccc(-c4ccc(-n5c6ccccc6c6cccc(-c7cccc(-c8ccc9c%10ccccc%10c%10ccccc%10c9c8)c7)c65)cc4)cc3)=N2)cc1. The fourth-order valence-electron chi connectivity index (χ4n) is 10.2. The van der Waals surface area contributed by atoms with E-state index in [1.54, 1.807) is 0 Å². The van der Waals surface area contributed by atoms with E-state index in [1.807, 2.05) is 24.3 Å². The highest BCUT2D eigenvalue weighted by atomic mass is 15.2. The van der Waals surface area contributed by atoms with E-state index < -0.39 is 0 Å². The summed E-state index contributed by atoms with van der Waals surface area (Å²) in [5.41, 5.74) is 13.6. The molecule has 67 heavy (non-hydrogen) atoms. The number of aromatic nitrogens is 1. The van der Waals surface area contributed by atoms with Crippen LogP contribution in [0.15, 0.2) is 253 Å². The first-order chi connectivity index (χ1) is 33.2. The largest absolute Gasteiger partial charge is 0.344 e. The average molecular weight is 855 g/mol. The Kier molecular flexibility index (Phi) is 9.21. The van der Waals surface area contributed by atoms with Gasteiger partial charge in [-0.2, -0.15) is 0 Å². The standard InChI is InChI=1S/C63H42N4/c1-3-15-43(16-4-1)61-64-62(44-17-5-2-6-18-44)66-63(65-61)45-31-29-41(30-32-45)42-33-36-49(37-34-42)67-59-28-12-11-25-56(59)57-27-14-26-50(60(57)67)48-20-13-19-46(39-48)47-35-38-55-53-23-8-7-21-51(53)52-22-9-10-24-54(52)58(55)40-47/h1-40,61H,(H,64,65,66). The van der Waals surface area contributed by atoms with Crippen LogP contribution in [-0.2, 0) is 0 Å². The van der Waals surface area contributed by atoms with Gasteiger partial charge in [0.1, 0.15) is 12.0 Å². The molecular weight excluding hydrogens is 813 g/mol. The summed E-state index contributed by atoms with van der Waals surface area (Å²) in [5.74, 6) is 1.52. The van der Waals surface area contributed by atoms with Crippen molar-refractivity contribution in [1.82, 2.24) is 9.88 Å². The molecule has 0 saturated carbocycles. The normalized spacial score (nSPS) is 13.8. The van der Waals surface area contributed by atoms with Crippen LogP contribution in [0.2, 0.25) is 0 Å². The Morgan fingerprint density at radius 3 is 1.57 bits per heavy atom. The van der Waals surface area contributed by atoms with Gasteiger partial charge in [-0.1, -0.05) is 212 Å². The lowest BCUT2D eigenvalue weighted by Gasteiger charge is -2.23. The van der Waals surface area contributed by atoms with Crippen LogP contribution in [0.4, 0.5) is 0 Å². The van der Waals surface area contributed by atoms with Crippen LogP contribution < -0.4 is 5.32 Å². The summed E-state index contributed by atoms with van der Waals surface area (Å²) in [5, 5.41) is 13.8. The predicted octanol–water partition coefficient (Wildman–Crippen LogP) is 15.7. The zero-order valence-electron chi connectivity index (χ0n) is 36.5. The van der Waals surface area contributed by atoms with E-state index in [2.05, 4.69) is 228 Å². The van der Waals surface area contributed by atoms with Gasteiger partial charge in [-0.25, -0.2) is 9.98 Å². The summed E-state index contributed by atoms with van der Waals surface area (Å²) in [7, 11) is 0. The van der Waals surface area contributed by atoms with Gasteiger partial charge in [-0.3, -0.25) is 0 Å². The zero-order chi connectivity index (χ0) is 44.3. The first-order valence-electron chi connectivity index (χ1n) is 22.9. The van der Waals surface area contributed by atoms with Crippen molar-refractivity contribution in [2.45, 2.75) is 6.17 Å². The van der Waals surface area contributed by atoms with Crippen molar-refractivity contribution in [3.63, 3.8) is 0 Å². The van der Waals surface area contributed by atoms with Crippen LogP contribution in [0.1, 0.15) is 22.9 Å². The Bertz CT molecular complexity index is 3890. The Hall–Kier alpha value is -8.86. The van der Waals surface area contributed by atoms with E-state index in [0.717, 1.165) is 45.2 Å². The minimum Gasteiger partial charge on any atom is -0.344 e. The number of amidine groups is 2. The highest BCUT2D eigenvalue weighted by molar-refractivity contribution is 6.26. The lowest BCUT2D eigenvalue weighted by molar-refractivity contribution is 0.674. The molecule has 1 atom stereocenters. The maximum Gasteiger partial charge on any atom is 0.159 e. The summed E-state index contributed by atoms with van der Waals surface area (Å²) in [6, 6.07) is 87.3. The monoisotopic (exact) mass is 854 g/mol. The molecule has 0 aliphatic carbocycles. The molecule has 12 aromatic rings. The summed E-state index contributed by atoms with van der Waals surface area (Å²) >= 11 is 0. The van der Waals surface area contributed by atoms with E-state index in [4.69, 9.17) is 9.98 Å².